The van der Waals surface area contributed by atoms with Crippen LogP contribution in [0.15, 0.2) is 48.5 Å². The van der Waals surface area contributed by atoms with E-state index in [1.54, 1.807) is 69.4 Å². The zero-order valence-electron chi connectivity index (χ0n) is 16.4. The van der Waals surface area contributed by atoms with Crippen molar-refractivity contribution >= 4 is 23.3 Å². The molecule has 7 nitrogen and oxygen atoms in total. The van der Waals surface area contributed by atoms with E-state index in [1.807, 2.05) is 12.1 Å². The summed E-state index contributed by atoms with van der Waals surface area (Å²) in [5.74, 6) is 0.704. The number of anilines is 2. The number of amides is 1. The fraction of sp³-hybridized carbons (Fsp3) is 0.333. The lowest BCUT2D eigenvalue weighted by molar-refractivity contribution is -0.144. The van der Waals surface area contributed by atoms with Crippen LogP contribution in [0.5, 0.6) is 11.5 Å². The van der Waals surface area contributed by atoms with Crippen LogP contribution in [0.2, 0.25) is 0 Å². The molecule has 1 fully saturated rings. The number of nitrogens with zero attached hydrogens (tertiary/aromatic N) is 2. The standard InChI is InChI=1S/C21H24N2O5/c1-5-28-21(25)19-22(15-6-10-17(26-3)11-7-15)14(2)20(24)23(19)16-8-12-18(27-4)13-9-16/h6-14,19H,5H2,1-4H3. The van der Waals surface area contributed by atoms with Crippen LogP contribution in [-0.2, 0) is 14.3 Å². The van der Waals surface area contributed by atoms with Crippen LogP contribution in [0.4, 0.5) is 11.4 Å². The number of esters is 1. The van der Waals surface area contributed by atoms with Crippen LogP contribution in [0.3, 0.4) is 0 Å². The summed E-state index contributed by atoms with van der Waals surface area (Å²) in [5, 5.41) is 0. The van der Waals surface area contributed by atoms with Crippen molar-refractivity contribution in [1.82, 2.24) is 0 Å². The largest absolute Gasteiger partial charge is 0.497 e. The number of hydrogen-bond acceptors (Lipinski definition) is 6. The number of rotatable bonds is 6. The second kappa shape index (κ2) is 8.21. The summed E-state index contributed by atoms with van der Waals surface area (Å²) in [7, 11) is 3.16. The molecule has 1 aliphatic heterocycles. The highest BCUT2D eigenvalue weighted by atomic mass is 16.5. The first-order valence-corrected chi connectivity index (χ1v) is 9.08. The summed E-state index contributed by atoms with van der Waals surface area (Å²) in [5.41, 5.74) is 1.34. The molecule has 1 amide bonds. The van der Waals surface area contributed by atoms with Crippen LogP contribution in [-0.4, -0.2) is 44.9 Å². The van der Waals surface area contributed by atoms with E-state index in [-0.39, 0.29) is 12.5 Å². The minimum Gasteiger partial charge on any atom is -0.497 e. The minimum atomic E-state index is -0.899. The smallest absolute Gasteiger partial charge is 0.350 e. The Hall–Kier alpha value is -3.22. The van der Waals surface area contributed by atoms with Crippen molar-refractivity contribution in [3.8, 4) is 11.5 Å². The Bertz CT molecular complexity index is 835. The van der Waals surface area contributed by atoms with E-state index >= 15 is 0 Å². The fourth-order valence-corrected chi connectivity index (χ4v) is 3.34. The normalized spacial score (nSPS) is 18.9. The van der Waals surface area contributed by atoms with E-state index in [0.717, 1.165) is 5.69 Å². The molecule has 2 atom stereocenters. The lowest BCUT2D eigenvalue weighted by Crippen LogP contribution is -2.47. The molecule has 1 heterocycles. The van der Waals surface area contributed by atoms with Crippen LogP contribution in [0.25, 0.3) is 0 Å². The van der Waals surface area contributed by atoms with Gasteiger partial charge in [-0.1, -0.05) is 0 Å². The van der Waals surface area contributed by atoms with Gasteiger partial charge in [-0.2, -0.15) is 0 Å². The van der Waals surface area contributed by atoms with Crippen molar-refractivity contribution in [3.05, 3.63) is 48.5 Å². The molecule has 1 aliphatic rings. The highest BCUT2D eigenvalue weighted by Gasteiger charge is 2.49. The van der Waals surface area contributed by atoms with Crippen LogP contribution in [0.1, 0.15) is 13.8 Å². The Morgan fingerprint density at radius 2 is 1.43 bits per heavy atom. The Morgan fingerprint density at radius 3 is 1.89 bits per heavy atom. The molecule has 0 aromatic heterocycles. The molecule has 7 heteroatoms. The molecule has 0 saturated carbocycles. The number of carbonyl (C=O) groups excluding carboxylic acids is 2. The van der Waals surface area contributed by atoms with E-state index in [2.05, 4.69) is 0 Å². The van der Waals surface area contributed by atoms with Crippen molar-refractivity contribution in [2.24, 2.45) is 0 Å². The Labute approximate surface area is 164 Å². The van der Waals surface area contributed by atoms with Gasteiger partial charge in [-0.05, 0) is 62.4 Å². The van der Waals surface area contributed by atoms with Gasteiger partial charge < -0.3 is 19.1 Å². The summed E-state index contributed by atoms with van der Waals surface area (Å²) in [6.45, 7) is 3.75. The zero-order chi connectivity index (χ0) is 20.3. The van der Waals surface area contributed by atoms with Crippen molar-refractivity contribution in [3.63, 3.8) is 0 Å². The second-order valence-corrected chi connectivity index (χ2v) is 6.31. The first-order chi connectivity index (χ1) is 13.5. The minimum absolute atomic E-state index is 0.181. The third-order valence-electron chi connectivity index (χ3n) is 4.74. The molecular weight excluding hydrogens is 360 g/mol. The van der Waals surface area contributed by atoms with E-state index < -0.39 is 18.2 Å². The van der Waals surface area contributed by atoms with Crippen molar-refractivity contribution in [2.45, 2.75) is 26.1 Å². The monoisotopic (exact) mass is 384 g/mol. The van der Waals surface area contributed by atoms with Gasteiger partial charge in [0.25, 0.3) is 5.91 Å². The van der Waals surface area contributed by atoms with Gasteiger partial charge in [0.2, 0.25) is 6.17 Å². The molecule has 148 valence electrons. The molecule has 1 saturated heterocycles. The van der Waals surface area contributed by atoms with Gasteiger partial charge in [0, 0.05) is 11.4 Å². The Balaban J connectivity index is 2.04. The summed E-state index contributed by atoms with van der Waals surface area (Å²) in [6.07, 6.45) is -0.899. The molecule has 3 rings (SSSR count). The molecule has 0 radical (unpaired) electrons. The summed E-state index contributed by atoms with van der Waals surface area (Å²) in [4.78, 5) is 29.2. The maximum atomic E-state index is 13.1. The third kappa shape index (κ3) is 3.47. The van der Waals surface area contributed by atoms with E-state index in [4.69, 9.17) is 14.2 Å². The SMILES string of the molecule is CCOC(=O)C1N(c2ccc(OC)cc2)C(=O)C(C)N1c1ccc(OC)cc1. The van der Waals surface area contributed by atoms with Gasteiger partial charge in [-0.15, -0.1) is 0 Å². The quantitative estimate of drug-likeness (QED) is 0.714. The van der Waals surface area contributed by atoms with Gasteiger partial charge in [0.1, 0.15) is 17.5 Å². The number of methoxy groups -OCH3 is 2. The highest BCUT2D eigenvalue weighted by Crippen LogP contribution is 2.34. The maximum Gasteiger partial charge on any atom is 0.350 e. The molecule has 0 spiro atoms. The summed E-state index contributed by atoms with van der Waals surface area (Å²) < 4.78 is 15.7. The predicted octanol–water partition coefficient (Wildman–Crippen LogP) is 2.83. The van der Waals surface area contributed by atoms with Crippen molar-refractivity contribution in [2.75, 3.05) is 30.6 Å². The van der Waals surface area contributed by atoms with E-state index in [1.165, 1.54) is 4.90 Å². The molecule has 2 aromatic carbocycles. The fourth-order valence-electron chi connectivity index (χ4n) is 3.34. The number of hydrogen-bond donors (Lipinski definition) is 0. The lowest BCUT2D eigenvalue weighted by atomic mass is 10.2. The van der Waals surface area contributed by atoms with Crippen LogP contribution < -0.4 is 19.3 Å². The molecular formula is C21H24N2O5. The first-order valence-electron chi connectivity index (χ1n) is 9.08. The van der Waals surface area contributed by atoms with Crippen molar-refractivity contribution < 1.29 is 23.8 Å². The van der Waals surface area contributed by atoms with E-state index in [9.17, 15) is 9.59 Å². The number of ether oxygens (including phenoxy) is 3. The highest BCUT2D eigenvalue weighted by molar-refractivity contribution is 6.09. The van der Waals surface area contributed by atoms with Gasteiger partial charge in [0.05, 0.1) is 20.8 Å². The Morgan fingerprint density at radius 1 is 0.929 bits per heavy atom. The molecule has 28 heavy (non-hydrogen) atoms. The summed E-state index contributed by atoms with van der Waals surface area (Å²) in [6, 6.07) is 13.7. The molecule has 0 N–H and O–H groups in total. The predicted molar refractivity (Wildman–Crippen MR) is 106 cm³/mol. The van der Waals surface area contributed by atoms with Crippen LogP contribution >= 0.6 is 0 Å². The molecule has 2 aromatic rings. The Kier molecular flexibility index (Phi) is 5.73. The van der Waals surface area contributed by atoms with E-state index in [0.29, 0.717) is 17.2 Å². The average Bonchev–Trinajstić information content (AvgIpc) is 2.99. The van der Waals surface area contributed by atoms with Gasteiger partial charge in [-0.25, -0.2) is 4.79 Å². The number of carbonyl (C=O) groups is 2. The lowest BCUT2D eigenvalue weighted by Gasteiger charge is -2.30. The summed E-state index contributed by atoms with van der Waals surface area (Å²) >= 11 is 0. The zero-order valence-corrected chi connectivity index (χ0v) is 16.4. The van der Waals surface area contributed by atoms with Gasteiger partial charge in [0.15, 0.2) is 0 Å². The average molecular weight is 384 g/mol. The second-order valence-electron chi connectivity index (χ2n) is 6.31. The van der Waals surface area contributed by atoms with Crippen molar-refractivity contribution in [1.29, 1.82) is 0 Å². The van der Waals surface area contributed by atoms with Gasteiger partial charge in [-0.3, -0.25) is 9.69 Å². The van der Waals surface area contributed by atoms with Crippen LogP contribution in [0, 0.1) is 0 Å². The molecule has 2 unspecified atom stereocenters. The maximum absolute atomic E-state index is 13.1. The molecule has 0 aliphatic carbocycles. The molecule has 0 bridgehead atoms. The van der Waals surface area contributed by atoms with Gasteiger partial charge >= 0.3 is 5.97 Å². The topological polar surface area (TPSA) is 68.3 Å². The number of benzene rings is 2. The third-order valence-corrected chi connectivity index (χ3v) is 4.74. The first kappa shape index (κ1) is 19.5.